The standard InChI is InChI=1S/C21H25BrN2O3/c1-4-23-21(26)16(3)24(13-17-7-9-18(22)10-8-17)20(25)14-27-19-11-5-15(2)6-12-19/h5-12,16H,4,13-14H2,1-3H3,(H,23,26)/t16-/m1/s1. The maximum atomic E-state index is 12.8. The van der Waals surface area contributed by atoms with Crippen molar-refractivity contribution >= 4 is 27.7 Å². The summed E-state index contributed by atoms with van der Waals surface area (Å²) in [4.78, 5) is 26.7. The molecule has 2 amide bonds. The van der Waals surface area contributed by atoms with Crippen LogP contribution >= 0.6 is 15.9 Å². The first kappa shape index (κ1) is 21.0. The fraction of sp³-hybridized carbons (Fsp3) is 0.333. The van der Waals surface area contributed by atoms with Crippen LogP contribution in [0.2, 0.25) is 0 Å². The molecule has 2 aromatic carbocycles. The highest BCUT2D eigenvalue weighted by atomic mass is 79.9. The van der Waals surface area contributed by atoms with E-state index >= 15 is 0 Å². The number of nitrogens with zero attached hydrogens (tertiary/aromatic N) is 1. The Hall–Kier alpha value is -2.34. The van der Waals surface area contributed by atoms with Crippen molar-refractivity contribution in [1.29, 1.82) is 0 Å². The highest BCUT2D eigenvalue weighted by molar-refractivity contribution is 9.10. The summed E-state index contributed by atoms with van der Waals surface area (Å²) < 4.78 is 6.58. The highest BCUT2D eigenvalue weighted by Crippen LogP contribution is 2.16. The molecule has 0 bridgehead atoms. The molecule has 0 spiro atoms. The molecule has 0 aliphatic carbocycles. The van der Waals surface area contributed by atoms with Crippen LogP contribution in [0.15, 0.2) is 53.0 Å². The van der Waals surface area contributed by atoms with Crippen LogP contribution in [0.3, 0.4) is 0 Å². The van der Waals surface area contributed by atoms with Crippen LogP contribution in [-0.4, -0.2) is 35.9 Å². The molecule has 6 heteroatoms. The number of benzene rings is 2. The zero-order valence-electron chi connectivity index (χ0n) is 15.9. The second kappa shape index (κ2) is 10.1. The molecule has 2 rings (SSSR count). The van der Waals surface area contributed by atoms with Crippen molar-refractivity contribution < 1.29 is 14.3 Å². The van der Waals surface area contributed by atoms with Crippen molar-refractivity contribution in [2.75, 3.05) is 13.2 Å². The third-order valence-electron chi connectivity index (χ3n) is 4.17. The second-order valence-corrected chi connectivity index (χ2v) is 7.24. The fourth-order valence-corrected chi connectivity index (χ4v) is 2.82. The molecule has 0 radical (unpaired) electrons. The molecule has 144 valence electrons. The van der Waals surface area contributed by atoms with Gasteiger partial charge < -0.3 is 15.0 Å². The Labute approximate surface area is 168 Å². The molecule has 0 aliphatic heterocycles. The predicted molar refractivity (Wildman–Crippen MR) is 110 cm³/mol. The lowest BCUT2D eigenvalue weighted by Gasteiger charge is -2.28. The Bertz CT molecular complexity index is 760. The number of hydrogen-bond acceptors (Lipinski definition) is 3. The number of aryl methyl sites for hydroxylation is 1. The average Bonchev–Trinajstić information content (AvgIpc) is 2.66. The van der Waals surface area contributed by atoms with Gasteiger partial charge in [-0.1, -0.05) is 45.8 Å². The van der Waals surface area contributed by atoms with Gasteiger partial charge in [0.15, 0.2) is 6.61 Å². The molecule has 0 heterocycles. The molecule has 0 saturated heterocycles. The minimum Gasteiger partial charge on any atom is -0.484 e. The molecule has 27 heavy (non-hydrogen) atoms. The van der Waals surface area contributed by atoms with Crippen molar-refractivity contribution in [3.05, 3.63) is 64.1 Å². The molecule has 0 aromatic heterocycles. The Morgan fingerprint density at radius 1 is 1.11 bits per heavy atom. The lowest BCUT2D eigenvalue weighted by Crippen LogP contribution is -2.49. The van der Waals surface area contributed by atoms with Crippen LogP contribution in [-0.2, 0) is 16.1 Å². The van der Waals surface area contributed by atoms with Gasteiger partial charge in [-0.15, -0.1) is 0 Å². The summed E-state index contributed by atoms with van der Waals surface area (Å²) in [6.07, 6.45) is 0. The topological polar surface area (TPSA) is 58.6 Å². The van der Waals surface area contributed by atoms with Gasteiger partial charge in [-0.2, -0.15) is 0 Å². The SMILES string of the molecule is CCNC(=O)[C@@H](C)N(Cc1ccc(Br)cc1)C(=O)COc1ccc(C)cc1. The molecule has 0 unspecified atom stereocenters. The van der Waals surface area contributed by atoms with E-state index in [9.17, 15) is 9.59 Å². The van der Waals surface area contributed by atoms with Gasteiger partial charge in [0.1, 0.15) is 11.8 Å². The number of likely N-dealkylation sites (N-methyl/N-ethyl adjacent to an activating group) is 1. The van der Waals surface area contributed by atoms with E-state index in [1.165, 1.54) is 0 Å². The molecule has 1 atom stereocenters. The molecular formula is C21H25BrN2O3. The number of halogens is 1. The van der Waals surface area contributed by atoms with E-state index < -0.39 is 6.04 Å². The summed E-state index contributed by atoms with van der Waals surface area (Å²) >= 11 is 3.40. The van der Waals surface area contributed by atoms with Gasteiger partial charge in [-0.05, 0) is 50.6 Å². The maximum Gasteiger partial charge on any atom is 0.261 e. The van der Waals surface area contributed by atoms with Gasteiger partial charge in [-0.25, -0.2) is 0 Å². The quantitative estimate of drug-likeness (QED) is 0.691. The van der Waals surface area contributed by atoms with Gasteiger partial charge >= 0.3 is 0 Å². The van der Waals surface area contributed by atoms with Crippen molar-refractivity contribution in [1.82, 2.24) is 10.2 Å². The summed E-state index contributed by atoms with van der Waals surface area (Å²) in [7, 11) is 0. The molecule has 5 nitrogen and oxygen atoms in total. The van der Waals surface area contributed by atoms with Crippen LogP contribution < -0.4 is 10.1 Å². The van der Waals surface area contributed by atoms with Crippen molar-refractivity contribution in [2.24, 2.45) is 0 Å². The van der Waals surface area contributed by atoms with Crippen molar-refractivity contribution in [3.8, 4) is 5.75 Å². The number of ether oxygens (including phenoxy) is 1. The zero-order valence-corrected chi connectivity index (χ0v) is 17.5. The van der Waals surface area contributed by atoms with Crippen LogP contribution in [0, 0.1) is 6.92 Å². The molecular weight excluding hydrogens is 408 g/mol. The van der Waals surface area contributed by atoms with E-state index in [4.69, 9.17) is 4.74 Å². The molecule has 0 aliphatic rings. The maximum absolute atomic E-state index is 12.8. The van der Waals surface area contributed by atoms with E-state index in [2.05, 4.69) is 21.2 Å². The van der Waals surface area contributed by atoms with Gasteiger partial charge in [0, 0.05) is 17.6 Å². The number of carbonyl (C=O) groups excluding carboxylic acids is 2. The lowest BCUT2D eigenvalue weighted by atomic mass is 10.1. The van der Waals surface area contributed by atoms with E-state index in [0.29, 0.717) is 18.8 Å². The summed E-state index contributed by atoms with van der Waals surface area (Å²) in [5.74, 6) is 0.207. The molecule has 1 N–H and O–H groups in total. The fourth-order valence-electron chi connectivity index (χ4n) is 2.55. The number of hydrogen-bond donors (Lipinski definition) is 1. The minimum atomic E-state index is -0.595. The Balaban J connectivity index is 2.11. The lowest BCUT2D eigenvalue weighted by molar-refractivity contribution is -0.142. The van der Waals surface area contributed by atoms with Crippen LogP contribution in [0.1, 0.15) is 25.0 Å². The monoisotopic (exact) mass is 432 g/mol. The summed E-state index contributed by atoms with van der Waals surface area (Å²) in [6, 6.07) is 14.6. The van der Waals surface area contributed by atoms with Crippen molar-refractivity contribution in [3.63, 3.8) is 0 Å². The summed E-state index contributed by atoms with van der Waals surface area (Å²) in [6.45, 7) is 6.30. The van der Waals surface area contributed by atoms with Crippen LogP contribution in [0.4, 0.5) is 0 Å². The smallest absolute Gasteiger partial charge is 0.261 e. The molecule has 0 fully saturated rings. The number of amides is 2. The Morgan fingerprint density at radius 2 is 1.74 bits per heavy atom. The Kier molecular flexibility index (Phi) is 7.85. The van der Waals surface area contributed by atoms with E-state index in [1.807, 2.05) is 62.4 Å². The first-order valence-electron chi connectivity index (χ1n) is 8.91. The predicted octanol–water partition coefficient (Wildman–Crippen LogP) is 3.69. The summed E-state index contributed by atoms with van der Waals surface area (Å²) in [5, 5.41) is 2.77. The number of rotatable bonds is 8. The van der Waals surface area contributed by atoms with Crippen LogP contribution in [0.5, 0.6) is 5.75 Å². The minimum absolute atomic E-state index is 0.122. The average molecular weight is 433 g/mol. The third kappa shape index (κ3) is 6.40. The van der Waals surface area contributed by atoms with Crippen molar-refractivity contribution in [2.45, 2.75) is 33.4 Å². The van der Waals surface area contributed by atoms with E-state index in [-0.39, 0.29) is 18.4 Å². The van der Waals surface area contributed by atoms with E-state index in [0.717, 1.165) is 15.6 Å². The second-order valence-electron chi connectivity index (χ2n) is 6.32. The van der Waals surface area contributed by atoms with Gasteiger partial charge in [0.05, 0.1) is 0 Å². The first-order chi connectivity index (χ1) is 12.9. The largest absolute Gasteiger partial charge is 0.484 e. The van der Waals surface area contributed by atoms with Gasteiger partial charge in [-0.3, -0.25) is 9.59 Å². The van der Waals surface area contributed by atoms with Gasteiger partial charge in [0.2, 0.25) is 5.91 Å². The normalized spacial score (nSPS) is 11.6. The first-order valence-corrected chi connectivity index (χ1v) is 9.71. The Morgan fingerprint density at radius 3 is 2.33 bits per heavy atom. The highest BCUT2D eigenvalue weighted by Gasteiger charge is 2.26. The van der Waals surface area contributed by atoms with E-state index in [1.54, 1.807) is 11.8 Å². The molecule has 0 saturated carbocycles. The number of nitrogens with one attached hydrogen (secondary N) is 1. The van der Waals surface area contributed by atoms with Gasteiger partial charge in [0.25, 0.3) is 5.91 Å². The summed E-state index contributed by atoms with van der Waals surface area (Å²) in [5.41, 5.74) is 2.06. The zero-order chi connectivity index (χ0) is 19.8. The third-order valence-corrected chi connectivity index (χ3v) is 4.70. The molecule has 2 aromatic rings. The van der Waals surface area contributed by atoms with Crippen LogP contribution in [0.25, 0.3) is 0 Å². The number of carbonyl (C=O) groups is 2.